The van der Waals surface area contributed by atoms with Gasteiger partial charge in [0, 0.05) is 11.6 Å². The second-order valence-corrected chi connectivity index (χ2v) is 9.12. The molecule has 23 heavy (non-hydrogen) atoms. The summed E-state index contributed by atoms with van der Waals surface area (Å²) in [5, 5.41) is 2.63. The predicted octanol–water partition coefficient (Wildman–Crippen LogP) is -0.485. The third-order valence-electron chi connectivity index (χ3n) is 3.36. The zero-order chi connectivity index (χ0) is 17.1. The minimum atomic E-state index is -3.71. The molecule has 0 saturated carbocycles. The van der Waals surface area contributed by atoms with Crippen LogP contribution in [0.2, 0.25) is 0 Å². The van der Waals surface area contributed by atoms with Crippen LogP contribution >= 0.6 is 0 Å². The third kappa shape index (κ3) is 4.54. The van der Waals surface area contributed by atoms with Crippen molar-refractivity contribution in [3.63, 3.8) is 0 Å². The first-order valence-corrected chi connectivity index (χ1v) is 10.1. The summed E-state index contributed by atoms with van der Waals surface area (Å²) in [4.78, 5) is 12.0. The van der Waals surface area contributed by atoms with Gasteiger partial charge in [0.2, 0.25) is 10.0 Å². The summed E-state index contributed by atoms with van der Waals surface area (Å²) in [6.07, 6.45) is 5.39. The van der Waals surface area contributed by atoms with Gasteiger partial charge in [0.05, 0.1) is 22.9 Å². The number of rotatable bonds is 5. The Morgan fingerprint density at radius 3 is 2.48 bits per heavy atom. The number of nitrogens with one attached hydrogen (secondary N) is 2. The lowest BCUT2D eigenvalue weighted by atomic mass is 10.2. The third-order valence-corrected chi connectivity index (χ3v) is 6.54. The fourth-order valence-electron chi connectivity index (χ4n) is 2.18. The number of sulfone groups is 1. The van der Waals surface area contributed by atoms with Gasteiger partial charge in [-0.3, -0.25) is 4.79 Å². The van der Waals surface area contributed by atoms with Gasteiger partial charge in [0.1, 0.15) is 0 Å². The van der Waals surface area contributed by atoms with E-state index in [2.05, 4.69) is 16.0 Å². The van der Waals surface area contributed by atoms with Crippen LogP contribution in [0.15, 0.2) is 29.2 Å². The average Bonchev–Trinajstić information content (AvgIpc) is 2.84. The van der Waals surface area contributed by atoms with Crippen LogP contribution in [-0.2, 0) is 19.9 Å². The van der Waals surface area contributed by atoms with E-state index in [4.69, 9.17) is 6.42 Å². The summed E-state index contributed by atoms with van der Waals surface area (Å²) in [7, 11) is -6.78. The Labute approximate surface area is 135 Å². The van der Waals surface area contributed by atoms with Gasteiger partial charge in [-0.25, -0.2) is 16.8 Å². The van der Waals surface area contributed by atoms with Crippen molar-refractivity contribution in [1.82, 2.24) is 10.0 Å². The second-order valence-electron chi connectivity index (χ2n) is 5.13. The molecule has 1 atom stereocenters. The van der Waals surface area contributed by atoms with Crippen LogP contribution in [0, 0.1) is 12.3 Å². The Morgan fingerprint density at radius 1 is 1.30 bits per heavy atom. The fraction of sp³-hybridized carbons (Fsp3) is 0.357. The molecule has 0 unspecified atom stereocenters. The number of carbonyl (C=O) groups is 1. The van der Waals surface area contributed by atoms with Crippen molar-refractivity contribution < 1.29 is 21.6 Å². The molecule has 1 saturated heterocycles. The predicted molar refractivity (Wildman–Crippen MR) is 85.0 cm³/mol. The standard InChI is InChI=1S/C14H16N2O5S2/c1-2-8-15-23(20,21)13-5-3-11(4-6-13)14(17)16-12-7-9-22(18,19)10-12/h1,3-6,12,15H,7-10H2,(H,16,17)/t12-/m0/s1. The van der Waals surface area contributed by atoms with E-state index in [-0.39, 0.29) is 28.5 Å². The zero-order valence-corrected chi connectivity index (χ0v) is 13.8. The first-order chi connectivity index (χ1) is 10.7. The van der Waals surface area contributed by atoms with Gasteiger partial charge in [-0.2, -0.15) is 4.72 Å². The first kappa shape index (κ1) is 17.5. The lowest BCUT2D eigenvalue weighted by molar-refractivity contribution is 0.0941. The Kier molecular flexibility index (Phi) is 5.09. The van der Waals surface area contributed by atoms with Gasteiger partial charge in [-0.1, -0.05) is 5.92 Å². The number of terminal acetylenes is 1. The summed E-state index contributed by atoms with van der Waals surface area (Å²) < 4.78 is 48.6. The fourth-order valence-corrected chi connectivity index (χ4v) is 4.79. The van der Waals surface area contributed by atoms with Crippen LogP contribution in [-0.4, -0.2) is 46.8 Å². The number of amides is 1. The van der Waals surface area contributed by atoms with Gasteiger partial charge in [-0.05, 0) is 30.7 Å². The Bertz CT molecular complexity index is 836. The highest BCUT2D eigenvalue weighted by Gasteiger charge is 2.29. The van der Waals surface area contributed by atoms with Crippen LogP contribution in [0.3, 0.4) is 0 Å². The molecule has 1 aliphatic heterocycles. The molecule has 1 aliphatic rings. The lowest BCUT2D eigenvalue weighted by Crippen LogP contribution is -2.35. The Hall–Kier alpha value is -1.89. The normalized spacial score (nSPS) is 19.9. The quantitative estimate of drug-likeness (QED) is 0.692. The summed E-state index contributed by atoms with van der Waals surface area (Å²) in [6.45, 7) is -0.124. The molecule has 0 radical (unpaired) electrons. The average molecular weight is 356 g/mol. The summed E-state index contributed by atoms with van der Waals surface area (Å²) >= 11 is 0. The highest BCUT2D eigenvalue weighted by Crippen LogP contribution is 2.14. The first-order valence-electron chi connectivity index (χ1n) is 6.78. The van der Waals surface area contributed by atoms with Crippen LogP contribution in [0.5, 0.6) is 0 Å². The monoisotopic (exact) mass is 356 g/mol. The molecule has 2 N–H and O–H groups in total. The molecular formula is C14H16N2O5S2. The van der Waals surface area contributed by atoms with E-state index in [1.165, 1.54) is 24.3 Å². The van der Waals surface area contributed by atoms with E-state index in [0.29, 0.717) is 6.42 Å². The van der Waals surface area contributed by atoms with Crippen molar-refractivity contribution in [2.24, 2.45) is 0 Å². The number of hydrogen-bond acceptors (Lipinski definition) is 5. The molecule has 2 rings (SSSR count). The van der Waals surface area contributed by atoms with Gasteiger partial charge in [-0.15, -0.1) is 6.42 Å². The van der Waals surface area contributed by atoms with Gasteiger partial charge in [0.25, 0.3) is 5.91 Å². The number of sulfonamides is 1. The van der Waals surface area contributed by atoms with E-state index < -0.39 is 31.8 Å². The van der Waals surface area contributed by atoms with E-state index in [9.17, 15) is 21.6 Å². The lowest BCUT2D eigenvalue weighted by Gasteiger charge is -2.11. The Balaban J connectivity index is 2.05. The van der Waals surface area contributed by atoms with Gasteiger partial charge >= 0.3 is 0 Å². The van der Waals surface area contributed by atoms with Crippen LogP contribution < -0.4 is 10.0 Å². The van der Waals surface area contributed by atoms with Gasteiger partial charge < -0.3 is 5.32 Å². The molecule has 0 aromatic heterocycles. The molecule has 7 nitrogen and oxygen atoms in total. The summed E-state index contributed by atoms with van der Waals surface area (Å²) in [6, 6.07) is 4.90. The minimum absolute atomic E-state index is 0.00672. The summed E-state index contributed by atoms with van der Waals surface area (Å²) in [5.41, 5.74) is 0.255. The molecule has 1 amide bonds. The molecule has 0 spiro atoms. The maximum Gasteiger partial charge on any atom is 0.251 e. The van der Waals surface area contributed by atoms with Crippen molar-refractivity contribution in [2.75, 3.05) is 18.1 Å². The number of hydrogen-bond donors (Lipinski definition) is 2. The van der Waals surface area contributed by atoms with Crippen molar-refractivity contribution in [3.05, 3.63) is 29.8 Å². The van der Waals surface area contributed by atoms with E-state index >= 15 is 0 Å². The molecular weight excluding hydrogens is 340 g/mol. The van der Waals surface area contributed by atoms with Crippen molar-refractivity contribution in [1.29, 1.82) is 0 Å². The molecule has 0 aliphatic carbocycles. The second kappa shape index (κ2) is 6.70. The zero-order valence-electron chi connectivity index (χ0n) is 12.2. The van der Waals surface area contributed by atoms with Crippen LogP contribution in [0.4, 0.5) is 0 Å². The maximum absolute atomic E-state index is 12.0. The van der Waals surface area contributed by atoms with Gasteiger partial charge in [0.15, 0.2) is 9.84 Å². The molecule has 1 heterocycles. The molecule has 1 aromatic carbocycles. The molecule has 1 aromatic rings. The van der Waals surface area contributed by atoms with E-state index in [0.717, 1.165) is 0 Å². The highest BCUT2D eigenvalue weighted by molar-refractivity contribution is 7.91. The highest BCUT2D eigenvalue weighted by atomic mass is 32.2. The van der Waals surface area contributed by atoms with Crippen molar-refractivity contribution >= 4 is 25.8 Å². The smallest absolute Gasteiger partial charge is 0.251 e. The number of carbonyl (C=O) groups excluding carboxylic acids is 1. The summed E-state index contributed by atoms with van der Waals surface area (Å²) in [5.74, 6) is 1.73. The molecule has 1 fully saturated rings. The van der Waals surface area contributed by atoms with Crippen LogP contribution in [0.25, 0.3) is 0 Å². The Morgan fingerprint density at radius 2 is 1.96 bits per heavy atom. The van der Waals surface area contributed by atoms with E-state index in [1.54, 1.807) is 0 Å². The van der Waals surface area contributed by atoms with E-state index in [1.807, 2.05) is 0 Å². The topological polar surface area (TPSA) is 109 Å². The van der Waals surface area contributed by atoms with Crippen molar-refractivity contribution in [2.45, 2.75) is 17.4 Å². The SMILES string of the molecule is C#CCNS(=O)(=O)c1ccc(C(=O)N[C@H]2CCS(=O)(=O)C2)cc1. The molecule has 9 heteroatoms. The van der Waals surface area contributed by atoms with Crippen LogP contribution in [0.1, 0.15) is 16.8 Å². The largest absolute Gasteiger partial charge is 0.348 e. The maximum atomic E-state index is 12.0. The van der Waals surface area contributed by atoms with Crippen molar-refractivity contribution in [3.8, 4) is 12.3 Å². The molecule has 124 valence electrons. The number of benzene rings is 1. The minimum Gasteiger partial charge on any atom is -0.348 e. The molecule has 0 bridgehead atoms.